The summed E-state index contributed by atoms with van der Waals surface area (Å²) in [5.41, 5.74) is -0.314. The third-order valence-corrected chi connectivity index (χ3v) is 5.84. The molecule has 1 fully saturated rings. The Labute approximate surface area is 126 Å². The summed E-state index contributed by atoms with van der Waals surface area (Å²) >= 11 is 3.24. The normalized spacial score (nSPS) is 17.5. The van der Waals surface area contributed by atoms with Crippen molar-refractivity contribution in [2.45, 2.75) is 31.1 Å². The zero-order valence-corrected chi connectivity index (χ0v) is 13.4. The number of rotatable bonds is 5. The predicted octanol–water partition coefficient (Wildman–Crippen LogP) is 2.29. The van der Waals surface area contributed by atoms with E-state index in [9.17, 15) is 18.3 Å². The van der Waals surface area contributed by atoms with Gasteiger partial charge >= 0.3 is 5.97 Å². The van der Waals surface area contributed by atoms with E-state index in [1.807, 2.05) is 0 Å². The molecule has 1 aliphatic rings. The average Bonchev–Trinajstić information content (AvgIpc) is 2.30. The van der Waals surface area contributed by atoms with Gasteiger partial charge < -0.3 is 5.11 Å². The highest BCUT2D eigenvalue weighted by Crippen LogP contribution is 2.40. The lowest BCUT2D eigenvalue weighted by Crippen LogP contribution is -2.47. The van der Waals surface area contributed by atoms with E-state index in [1.165, 1.54) is 6.07 Å². The molecule has 0 unspecified atom stereocenters. The second-order valence-electron chi connectivity index (χ2n) is 5.17. The molecule has 0 radical (unpaired) electrons. The molecular formula is C13H16BrNO4S. The van der Waals surface area contributed by atoms with Crippen LogP contribution >= 0.6 is 15.9 Å². The molecule has 5 nitrogen and oxygen atoms in total. The molecule has 110 valence electrons. The van der Waals surface area contributed by atoms with Crippen LogP contribution in [0.2, 0.25) is 0 Å². The van der Waals surface area contributed by atoms with Crippen LogP contribution < -0.4 is 4.72 Å². The predicted molar refractivity (Wildman–Crippen MR) is 78.0 cm³/mol. The molecule has 0 atom stereocenters. The van der Waals surface area contributed by atoms with E-state index >= 15 is 0 Å². The molecule has 1 aliphatic carbocycles. The maximum Gasteiger partial charge on any atom is 0.310 e. The number of halogens is 1. The average molecular weight is 362 g/mol. The van der Waals surface area contributed by atoms with Crippen molar-refractivity contribution in [3.05, 3.63) is 28.2 Å². The molecule has 0 amide bonds. The van der Waals surface area contributed by atoms with E-state index in [2.05, 4.69) is 20.7 Å². The molecular weight excluding hydrogens is 346 g/mol. The Morgan fingerprint density at radius 3 is 2.60 bits per heavy atom. The summed E-state index contributed by atoms with van der Waals surface area (Å²) in [4.78, 5) is 11.4. The first kappa shape index (κ1) is 15.5. The summed E-state index contributed by atoms with van der Waals surface area (Å²) in [5.74, 6) is -0.933. The fourth-order valence-corrected chi connectivity index (χ4v) is 4.15. The number of carboxylic acids is 1. The number of carbonyl (C=O) groups is 1. The molecule has 1 aromatic carbocycles. The van der Waals surface area contributed by atoms with E-state index in [0.29, 0.717) is 22.9 Å². The number of carboxylic acid groups (broad SMARTS) is 1. The number of hydrogen-bond donors (Lipinski definition) is 2. The largest absolute Gasteiger partial charge is 0.481 e. The van der Waals surface area contributed by atoms with E-state index in [4.69, 9.17) is 0 Å². The van der Waals surface area contributed by atoms with Gasteiger partial charge in [-0.3, -0.25) is 4.79 Å². The highest BCUT2D eigenvalue weighted by Gasteiger charge is 2.45. The topological polar surface area (TPSA) is 83.5 Å². The van der Waals surface area contributed by atoms with Gasteiger partial charge in [0.25, 0.3) is 0 Å². The van der Waals surface area contributed by atoms with Crippen LogP contribution in [0.5, 0.6) is 0 Å². The summed E-state index contributed by atoms with van der Waals surface area (Å²) < 4.78 is 27.7. The van der Waals surface area contributed by atoms with Gasteiger partial charge in [-0.1, -0.05) is 28.4 Å². The first-order valence-corrected chi connectivity index (χ1v) is 8.54. The highest BCUT2D eigenvalue weighted by atomic mass is 79.9. The Balaban J connectivity index is 2.20. The summed E-state index contributed by atoms with van der Waals surface area (Å²) in [7, 11) is -3.70. The standard InChI is InChI=1S/C13H16BrNO4S/c1-9-3-4-10(14)7-11(9)20(18,19)15-8-13(12(16)17)5-2-6-13/h3-4,7,15H,2,5-6,8H2,1H3,(H,16,17). The van der Waals surface area contributed by atoms with Crippen molar-refractivity contribution in [2.75, 3.05) is 6.54 Å². The van der Waals surface area contributed by atoms with Crippen LogP contribution in [0.25, 0.3) is 0 Å². The van der Waals surface area contributed by atoms with E-state index in [-0.39, 0.29) is 11.4 Å². The lowest BCUT2D eigenvalue weighted by molar-refractivity contribution is -0.153. The van der Waals surface area contributed by atoms with Gasteiger partial charge in [0.2, 0.25) is 10.0 Å². The minimum Gasteiger partial charge on any atom is -0.481 e. The molecule has 0 heterocycles. The SMILES string of the molecule is Cc1ccc(Br)cc1S(=O)(=O)NCC1(C(=O)O)CCC1. The van der Waals surface area contributed by atoms with Gasteiger partial charge in [0, 0.05) is 11.0 Å². The molecule has 2 N–H and O–H groups in total. The minimum absolute atomic E-state index is 0.0589. The number of sulfonamides is 1. The first-order valence-electron chi connectivity index (χ1n) is 6.26. The van der Waals surface area contributed by atoms with Gasteiger partial charge in [0.1, 0.15) is 0 Å². The molecule has 1 aromatic rings. The lowest BCUT2D eigenvalue weighted by atomic mass is 9.69. The van der Waals surface area contributed by atoms with Crippen molar-refractivity contribution in [3.63, 3.8) is 0 Å². The number of benzene rings is 1. The van der Waals surface area contributed by atoms with Crippen LogP contribution in [0.15, 0.2) is 27.6 Å². The van der Waals surface area contributed by atoms with Crippen molar-refractivity contribution < 1.29 is 18.3 Å². The summed E-state index contributed by atoms with van der Waals surface area (Å²) in [6, 6.07) is 4.99. The quantitative estimate of drug-likeness (QED) is 0.842. The maximum atomic E-state index is 12.3. The monoisotopic (exact) mass is 361 g/mol. The summed E-state index contributed by atoms with van der Waals surface area (Å²) in [6.45, 7) is 1.65. The highest BCUT2D eigenvalue weighted by molar-refractivity contribution is 9.10. The zero-order valence-electron chi connectivity index (χ0n) is 11.0. The number of aliphatic carboxylic acids is 1. The molecule has 0 aliphatic heterocycles. The zero-order chi connectivity index (χ0) is 15.0. The lowest BCUT2D eigenvalue weighted by Gasteiger charge is -2.37. The summed E-state index contributed by atoms with van der Waals surface area (Å²) in [6.07, 6.45) is 1.86. The molecule has 0 bridgehead atoms. The molecule has 1 saturated carbocycles. The minimum atomic E-state index is -3.70. The Hall–Kier alpha value is -0.920. The molecule has 0 saturated heterocycles. The Morgan fingerprint density at radius 2 is 2.10 bits per heavy atom. The number of aryl methyl sites for hydroxylation is 1. The van der Waals surface area contributed by atoms with Crippen LogP contribution in [0.3, 0.4) is 0 Å². The van der Waals surface area contributed by atoms with Crippen molar-refractivity contribution in [1.29, 1.82) is 0 Å². The Morgan fingerprint density at radius 1 is 1.45 bits per heavy atom. The van der Waals surface area contributed by atoms with Gasteiger partial charge in [-0.25, -0.2) is 13.1 Å². The molecule has 7 heteroatoms. The molecule has 20 heavy (non-hydrogen) atoms. The number of hydrogen-bond acceptors (Lipinski definition) is 3. The maximum absolute atomic E-state index is 12.3. The second kappa shape index (κ2) is 5.46. The fourth-order valence-electron chi connectivity index (χ4n) is 2.24. The number of nitrogens with one attached hydrogen (secondary N) is 1. The van der Waals surface area contributed by atoms with E-state index in [0.717, 1.165) is 6.42 Å². The van der Waals surface area contributed by atoms with Crippen molar-refractivity contribution >= 4 is 31.9 Å². The molecule has 2 rings (SSSR count). The van der Waals surface area contributed by atoms with E-state index < -0.39 is 21.4 Å². The summed E-state index contributed by atoms with van der Waals surface area (Å²) in [5, 5.41) is 9.21. The second-order valence-corrected chi connectivity index (χ2v) is 7.82. The van der Waals surface area contributed by atoms with Crippen LogP contribution in [0, 0.1) is 12.3 Å². The smallest absolute Gasteiger partial charge is 0.310 e. The fraction of sp³-hybridized carbons (Fsp3) is 0.462. The van der Waals surface area contributed by atoms with Crippen molar-refractivity contribution in [2.24, 2.45) is 5.41 Å². The van der Waals surface area contributed by atoms with Crippen LogP contribution in [0.4, 0.5) is 0 Å². The van der Waals surface area contributed by atoms with Crippen molar-refractivity contribution in [3.8, 4) is 0 Å². The third kappa shape index (κ3) is 2.89. The van der Waals surface area contributed by atoms with Crippen molar-refractivity contribution in [1.82, 2.24) is 4.72 Å². The van der Waals surface area contributed by atoms with Gasteiger partial charge in [-0.15, -0.1) is 0 Å². The van der Waals surface area contributed by atoms with Crippen LogP contribution in [0.1, 0.15) is 24.8 Å². The van der Waals surface area contributed by atoms with Crippen LogP contribution in [-0.2, 0) is 14.8 Å². The molecule has 0 aromatic heterocycles. The Kier molecular flexibility index (Phi) is 4.22. The Bertz CT molecular complexity index is 638. The van der Waals surface area contributed by atoms with E-state index in [1.54, 1.807) is 19.1 Å². The van der Waals surface area contributed by atoms with Gasteiger partial charge in [0.15, 0.2) is 0 Å². The van der Waals surface area contributed by atoms with Crippen LogP contribution in [-0.4, -0.2) is 26.0 Å². The van der Waals surface area contributed by atoms with Gasteiger partial charge in [-0.05, 0) is 37.5 Å². The third-order valence-electron chi connectivity index (χ3n) is 3.80. The first-order chi connectivity index (χ1) is 9.27. The van der Waals surface area contributed by atoms with Gasteiger partial charge in [-0.2, -0.15) is 0 Å². The van der Waals surface area contributed by atoms with Gasteiger partial charge in [0.05, 0.1) is 10.3 Å². The molecule has 0 spiro atoms.